The van der Waals surface area contributed by atoms with Crippen molar-refractivity contribution in [2.24, 2.45) is 0 Å². The fraction of sp³-hybridized carbons (Fsp3) is 0.593. The number of rotatable bonds is 7. The highest BCUT2D eigenvalue weighted by atomic mass is 16.6. The second-order valence-electron chi connectivity index (χ2n) is 10.1. The minimum atomic E-state index is -0.869. The molecule has 10 nitrogen and oxygen atoms in total. The lowest BCUT2D eigenvalue weighted by molar-refractivity contribution is -0.146. The summed E-state index contributed by atoms with van der Waals surface area (Å²) in [5, 5.41) is 5.26. The molecule has 1 saturated carbocycles. The smallest absolute Gasteiger partial charge is 0.417 e. The van der Waals surface area contributed by atoms with Crippen molar-refractivity contribution in [2.45, 2.75) is 95.5 Å². The average molecular weight is 513 g/mol. The van der Waals surface area contributed by atoms with E-state index in [4.69, 9.17) is 4.74 Å². The zero-order valence-corrected chi connectivity index (χ0v) is 21.3. The summed E-state index contributed by atoms with van der Waals surface area (Å²) < 4.78 is 5.56. The minimum absolute atomic E-state index is 0.0598. The third kappa shape index (κ3) is 6.47. The zero-order chi connectivity index (χ0) is 26.4. The summed E-state index contributed by atoms with van der Waals surface area (Å²) in [5.41, 5.74) is 0.826. The number of nitrogens with zero attached hydrogens (tertiary/aromatic N) is 2. The number of hydrogen-bond donors (Lipinski definition) is 2. The summed E-state index contributed by atoms with van der Waals surface area (Å²) in [6.45, 7) is 2.00. The van der Waals surface area contributed by atoms with Crippen molar-refractivity contribution in [1.82, 2.24) is 20.4 Å². The van der Waals surface area contributed by atoms with E-state index in [0.29, 0.717) is 38.6 Å². The van der Waals surface area contributed by atoms with Gasteiger partial charge in [-0.2, -0.15) is 0 Å². The van der Waals surface area contributed by atoms with Gasteiger partial charge in [0.25, 0.3) is 5.91 Å². The van der Waals surface area contributed by atoms with Gasteiger partial charge in [-0.3, -0.25) is 19.2 Å². The molecule has 1 aromatic carbocycles. The number of carbonyl (C=O) groups excluding carboxylic acids is 5. The summed E-state index contributed by atoms with van der Waals surface area (Å²) >= 11 is 0. The van der Waals surface area contributed by atoms with E-state index in [0.717, 1.165) is 24.8 Å². The lowest BCUT2D eigenvalue weighted by Gasteiger charge is -2.36. The molecule has 3 aliphatic rings. The standard InChI is InChI=1S/C27H36N4O6/c1-18(28-24(33)21-14-15-23(32)29-21)25(34)30-16-8-13-22(30)26(35)31(20-11-6-3-7-12-20)27(36)37-17-19-9-4-2-5-10-19/h2,4-5,9-10,18,20-22H,3,6-8,11-17H2,1H3,(H,28,33)(H,29,32)/t18-,21-,22-/m0/s1. The Kier molecular flexibility index (Phi) is 8.78. The van der Waals surface area contributed by atoms with Gasteiger partial charge in [-0.05, 0) is 44.6 Å². The number of benzene rings is 1. The van der Waals surface area contributed by atoms with E-state index in [9.17, 15) is 24.0 Å². The van der Waals surface area contributed by atoms with Crippen LogP contribution >= 0.6 is 0 Å². The Morgan fingerprint density at radius 1 is 1.05 bits per heavy atom. The molecule has 5 amide bonds. The first-order valence-corrected chi connectivity index (χ1v) is 13.3. The molecule has 1 aromatic rings. The van der Waals surface area contributed by atoms with Crippen LogP contribution in [0.5, 0.6) is 0 Å². The molecule has 200 valence electrons. The molecule has 0 aromatic heterocycles. The van der Waals surface area contributed by atoms with Crippen LogP contribution in [-0.4, -0.2) is 70.2 Å². The summed E-state index contributed by atoms with van der Waals surface area (Å²) in [5.74, 6) is -1.40. The van der Waals surface area contributed by atoms with E-state index in [1.54, 1.807) is 6.92 Å². The van der Waals surface area contributed by atoms with E-state index in [-0.39, 0.29) is 30.9 Å². The Bertz CT molecular complexity index is 1010. The highest BCUT2D eigenvalue weighted by Crippen LogP contribution is 2.28. The van der Waals surface area contributed by atoms with E-state index < -0.39 is 36.0 Å². The van der Waals surface area contributed by atoms with Crippen LogP contribution in [0.1, 0.15) is 70.3 Å². The molecule has 3 atom stereocenters. The second-order valence-corrected chi connectivity index (χ2v) is 10.1. The highest BCUT2D eigenvalue weighted by molar-refractivity contribution is 5.99. The van der Waals surface area contributed by atoms with Crippen LogP contribution in [0.4, 0.5) is 4.79 Å². The average Bonchev–Trinajstić information content (AvgIpc) is 3.58. The molecule has 0 unspecified atom stereocenters. The number of carbonyl (C=O) groups is 5. The van der Waals surface area contributed by atoms with Crippen LogP contribution < -0.4 is 10.6 Å². The summed E-state index contributed by atoms with van der Waals surface area (Å²) in [6, 6.07) is 6.73. The number of nitrogens with one attached hydrogen (secondary N) is 2. The van der Waals surface area contributed by atoms with Gasteiger partial charge in [0.15, 0.2) is 0 Å². The van der Waals surface area contributed by atoms with Crippen molar-refractivity contribution in [1.29, 1.82) is 0 Å². The summed E-state index contributed by atoms with van der Waals surface area (Å²) in [6.07, 6.45) is 5.39. The summed E-state index contributed by atoms with van der Waals surface area (Å²) in [4.78, 5) is 67.0. The van der Waals surface area contributed by atoms with Gasteiger partial charge in [-0.1, -0.05) is 49.6 Å². The van der Waals surface area contributed by atoms with Crippen molar-refractivity contribution in [2.75, 3.05) is 6.54 Å². The molecule has 2 heterocycles. The van der Waals surface area contributed by atoms with E-state index in [1.165, 1.54) is 9.80 Å². The van der Waals surface area contributed by atoms with Crippen LogP contribution in [0.25, 0.3) is 0 Å². The number of imide groups is 1. The highest BCUT2D eigenvalue weighted by Gasteiger charge is 2.43. The maximum absolute atomic E-state index is 13.8. The van der Waals surface area contributed by atoms with Crippen molar-refractivity contribution >= 4 is 29.7 Å². The Morgan fingerprint density at radius 2 is 1.78 bits per heavy atom. The Hall–Kier alpha value is -3.43. The van der Waals surface area contributed by atoms with Gasteiger partial charge in [0.2, 0.25) is 17.7 Å². The fourth-order valence-electron chi connectivity index (χ4n) is 5.43. The van der Waals surface area contributed by atoms with E-state index in [2.05, 4.69) is 10.6 Å². The van der Waals surface area contributed by atoms with E-state index >= 15 is 0 Å². The van der Waals surface area contributed by atoms with Crippen LogP contribution in [-0.2, 0) is 30.5 Å². The largest absolute Gasteiger partial charge is 0.444 e. The molecule has 37 heavy (non-hydrogen) atoms. The molecule has 4 rings (SSSR count). The maximum atomic E-state index is 13.8. The monoisotopic (exact) mass is 512 g/mol. The van der Waals surface area contributed by atoms with Crippen molar-refractivity contribution in [3.8, 4) is 0 Å². The quantitative estimate of drug-likeness (QED) is 0.577. The van der Waals surface area contributed by atoms with Gasteiger partial charge < -0.3 is 20.3 Å². The Labute approximate surface area is 217 Å². The van der Waals surface area contributed by atoms with Crippen LogP contribution in [0.2, 0.25) is 0 Å². The lowest BCUT2D eigenvalue weighted by Crippen LogP contribution is -2.57. The normalized spacial score (nSPS) is 22.7. The van der Waals surface area contributed by atoms with Gasteiger partial charge in [0.1, 0.15) is 24.7 Å². The molecule has 0 radical (unpaired) electrons. The molecule has 1 aliphatic carbocycles. The molecule has 2 saturated heterocycles. The topological polar surface area (TPSA) is 125 Å². The maximum Gasteiger partial charge on any atom is 0.417 e. The second kappa shape index (κ2) is 12.2. The van der Waals surface area contributed by atoms with Crippen LogP contribution in [0, 0.1) is 0 Å². The molecular formula is C27H36N4O6. The zero-order valence-electron chi connectivity index (χ0n) is 21.3. The van der Waals surface area contributed by atoms with Crippen molar-refractivity contribution < 1.29 is 28.7 Å². The number of likely N-dealkylation sites (tertiary alicyclic amines) is 1. The van der Waals surface area contributed by atoms with Gasteiger partial charge in [-0.15, -0.1) is 0 Å². The van der Waals surface area contributed by atoms with Crippen molar-refractivity contribution in [3.63, 3.8) is 0 Å². The van der Waals surface area contributed by atoms with Crippen molar-refractivity contribution in [3.05, 3.63) is 35.9 Å². The first-order valence-electron chi connectivity index (χ1n) is 13.3. The molecule has 2 aliphatic heterocycles. The number of amides is 5. The van der Waals surface area contributed by atoms with E-state index in [1.807, 2.05) is 30.3 Å². The minimum Gasteiger partial charge on any atom is -0.444 e. The number of ether oxygens (including phenoxy) is 1. The predicted octanol–water partition coefficient (Wildman–Crippen LogP) is 2.26. The van der Waals surface area contributed by atoms with Crippen LogP contribution in [0.15, 0.2) is 30.3 Å². The number of hydrogen-bond acceptors (Lipinski definition) is 6. The Morgan fingerprint density at radius 3 is 2.46 bits per heavy atom. The molecule has 3 fully saturated rings. The van der Waals surface area contributed by atoms with Crippen LogP contribution in [0.3, 0.4) is 0 Å². The first-order chi connectivity index (χ1) is 17.8. The molecule has 10 heteroatoms. The van der Waals surface area contributed by atoms with Gasteiger partial charge in [-0.25, -0.2) is 9.69 Å². The van der Waals surface area contributed by atoms with Gasteiger partial charge >= 0.3 is 6.09 Å². The summed E-state index contributed by atoms with van der Waals surface area (Å²) in [7, 11) is 0. The predicted molar refractivity (Wildman–Crippen MR) is 134 cm³/mol. The third-order valence-electron chi connectivity index (χ3n) is 7.44. The lowest BCUT2D eigenvalue weighted by atomic mass is 9.94. The fourth-order valence-corrected chi connectivity index (χ4v) is 5.43. The Balaban J connectivity index is 1.43. The van der Waals surface area contributed by atoms with Gasteiger partial charge in [0.05, 0.1) is 0 Å². The SMILES string of the molecule is C[C@H](NC(=O)[C@@H]1CCC(=O)N1)C(=O)N1CCC[C@H]1C(=O)N(C(=O)OCc1ccccc1)C1CCCCC1. The van der Waals surface area contributed by atoms with Gasteiger partial charge in [0, 0.05) is 19.0 Å². The first kappa shape index (κ1) is 26.6. The molecular weight excluding hydrogens is 476 g/mol. The third-order valence-corrected chi connectivity index (χ3v) is 7.44. The molecule has 0 bridgehead atoms. The molecule has 2 N–H and O–H groups in total. The molecule has 0 spiro atoms.